The largest absolute Gasteiger partial charge is 0.492 e. The minimum atomic E-state index is -3.19. The van der Waals surface area contributed by atoms with Crippen molar-refractivity contribution in [3.63, 3.8) is 0 Å². The molecule has 5 heteroatoms. The summed E-state index contributed by atoms with van der Waals surface area (Å²) in [5.41, 5.74) is 1.03. The van der Waals surface area contributed by atoms with Crippen LogP contribution in [0.25, 0.3) is 0 Å². The molecule has 0 radical (unpaired) electrons. The maximum atomic E-state index is 11.4. The molecule has 0 aromatic heterocycles. The van der Waals surface area contributed by atoms with Crippen molar-refractivity contribution in [2.24, 2.45) is 0 Å². The highest BCUT2D eigenvalue weighted by molar-refractivity contribution is 7.90. The van der Waals surface area contributed by atoms with Gasteiger partial charge in [-0.3, -0.25) is 0 Å². The van der Waals surface area contributed by atoms with E-state index in [9.17, 15) is 8.42 Å². The summed E-state index contributed by atoms with van der Waals surface area (Å²) in [7, 11) is -3.19. The smallest absolute Gasteiger partial charge is 0.175 e. The summed E-state index contributed by atoms with van der Waals surface area (Å²) in [4.78, 5) is 0.269. The average Bonchev–Trinajstić information content (AvgIpc) is 2.44. The van der Waals surface area contributed by atoms with Gasteiger partial charge >= 0.3 is 0 Å². The monoisotopic (exact) mass is 291 g/mol. The molecule has 0 atom stereocenters. The molecular formula is C15H17NO3S. The Morgan fingerprint density at radius 3 is 2.50 bits per heavy atom. The van der Waals surface area contributed by atoms with Gasteiger partial charge in [0.1, 0.15) is 12.4 Å². The lowest BCUT2D eigenvalue weighted by molar-refractivity contribution is 0.332. The summed E-state index contributed by atoms with van der Waals surface area (Å²) in [5.74, 6) is 0.558. The normalized spacial score (nSPS) is 11.1. The fourth-order valence-electron chi connectivity index (χ4n) is 1.71. The zero-order valence-corrected chi connectivity index (χ0v) is 12.1. The Hall–Kier alpha value is -2.01. The fraction of sp³-hybridized carbons (Fsp3) is 0.200. The number of sulfone groups is 1. The zero-order valence-electron chi connectivity index (χ0n) is 11.2. The minimum absolute atomic E-state index is 0.269. The van der Waals surface area contributed by atoms with E-state index in [2.05, 4.69) is 5.32 Å². The molecule has 0 saturated carbocycles. The first-order valence-corrected chi connectivity index (χ1v) is 8.17. The third kappa shape index (κ3) is 4.28. The van der Waals surface area contributed by atoms with Crippen LogP contribution in [0.3, 0.4) is 0 Å². The molecule has 20 heavy (non-hydrogen) atoms. The van der Waals surface area contributed by atoms with Gasteiger partial charge in [0, 0.05) is 18.5 Å². The van der Waals surface area contributed by atoms with Gasteiger partial charge in [-0.2, -0.15) is 0 Å². The molecule has 0 bridgehead atoms. The third-order valence-corrected chi connectivity index (χ3v) is 3.82. The van der Waals surface area contributed by atoms with E-state index in [1.165, 1.54) is 12.3 Å². The summed E-state index contributed by atoms with van der Waals surface area (Å²) in [6.45, 7) is 1.11. The second-order valence-corrected chi connectivity index (χ2v) is 6.40. The number of benzene rings is 2. The quantitative estimate of drug-likeness (QED) is 0.831. The highest BCUT2D eigenvalue weighted by atomic mass is 32.2. The van der Waals surface area contributed by atoms with Crippen molar-refractivity contribution in [2.45, 2.75) is 4.90 Å². The van der Waals surface area contributed by atoms with Gasteiger partial charge in [0.2, 0.25) is 0 Å². The lowest BCUT2D eigenvalue weighted by Gasteiger charge is -2.09. The Morgan fingerprint density at radius 1 is 1.05 bits per heavy atom. The van der Waals surface area contributed by atoms with Gasteiger partial charge in [-0.15, -0.1) is 0 Å². The number of rotatable bonds is 6. The summed E-state index contributed by atoms with van der Waals surface area (Å²) < 4.78 is 28.4. The van der Waals surface area contributed by atoms with E-state index in [0.717, 1.165) is 5.69 Å². The van der Waals surface area contributed by atoms with E-state index in [4.69, 9.17) is 4.74 Å². The van der Waals surface area contributed by atoms with Crippen LogP contribution in [0.4, 0.5) is 5.69 Å². The lowest BCUT2D eigenvalue weighted by atomic mass is 10.3. The second-order valence-electron chi connectivity index (χ2n) is 4.39. The molecule has 0 fully saturated rings. The van der Waals surface area contributed by atoms with Crippen molar-refractivity contribution in [1.29, 1.82) is 0 Å². The maximum Gasteiger partial charge on any atom is 0.175 e. The molecule has 0 saturated heterocycles. The van der Waals surface area contributed by atoms with E-state index in [0.29, 0.717) is 18.9 Å². The van der Waals surface area contributed by atoms with Crippen LogP contribution >= 0.6 is 0 Å². The van der Waals surface area contributed by atoms with Crippen molar-refractivity contribution in [3.8, 4) is 5.75 Å². The van der Waals surface area contributed by atoms with E-state index in [1.54, 1.807) is 18.2 Å². The molecule has 1 N–H and O–H groups in total. The van der Waals surface area contributed by atoms with Gasteiger partial charge in [-0.25, -0.2) is 8.42 Å². The van der Waals surface area contributed by atoms with Gasteiger partial charge in [0.05, 0.1) is 4.90 Å². The van der Waals surface area contributed by atoms with Gasteiger partial charge in [-0.1, -0.05) is 24.3 Å². The number of hydrogen-bond donors (Lipinski definition) is 1. The molecule has 0 spiro atoms. The van der Waals surface area contributed by atoms with Crippen molar-refractivity contribution >= 4 is 15.5 Å². The first-order valence-electron chi connectivity index (χ1n) is 6.27. The van der Waals surface area contributed by atoms with Crippen LogP contribution in [0.2, 0.25) is 0 Å². The molecular weight excluding hydrogens is 274 g/mol. The first kappa shape index (κ1) is 14.4. The van der Waals surface area contributed by atoms with Gasteiger partial charge < -0.3 is 10.1 Å². The topological polar surface area (TPSA) is 55.4 Å². The van der Waals surface area contributed by atoms with Crippen LogP contribution in [-0.4, -0.2) is 27.8 Å². The number of anilines is 1. The van der Waals surface area contributed by atoms with Crippen molar-refractivity contribution in [3.05, 3.63) is 54.6 Å². The highest BCUT2D eigenvalue weighted by Gasteiger charge is 2.07. The molecule has 0 aliphatic heterocycles. The number of ether oxygens (including phenoxy) is 1. The molecule has 0 heterocycles. The van der Waals surface area contributed by atoms with Crippen LogP contribution in [0.1, 0.15) is 0 Å². The molecule has 0 aliphatic carbocycles. The molecule has 0 amide bonds. The zero-order chi connectivity index (χ0) is 14.4. The van der Waals surface area contributed by atoms with E-state index in [1.807, 2.05) is 30.3 Å². The van der Waals surface area contributed by atoms with E-state index < -0.39 is 9.84 Å². The molecule has 0 aliphatic rings. The van der Waals surface area contributed by atoms with Gasteiger partial charge in [0.15, 0.2) is 9.84 Å². The molecule has 2 rings (SSSR count). The maximum absolute atomic E-state index is 11.4. The Bertz CT molecular complexity index is 654. The summed E-state index contributed by atoms with van der Waals surface area (Å²) in [6, 6.07) is 16.3. The van der Waals surface area contributed by atoms with Crippen molar-refractivity contribution in [1.82, 2.24) is 0 Å². The van der Waals surface area contributed by atoms with Gasteiger partial charge in [0.25, 0.3) is 0 Å². The van der Waals surface area contributed by atoms with Crippen LogP contribution in [0, 0.1) is 0 Å². The molecule has 2 aromatic carbocycles. The number of para-hydroxylation sites is 1. The molecule has 0 unspecified atom stereocenters. The highest BCUT2D eigenvalue weighted by Crippen LogP contribution is 2.17. The Labute approximate surface area is 119 Å². The Morgan fingerprint density at radius 2 is 1.80 bits per heavy atom. The predicted octanol–water partition coefficient (Wildman–Crippen LogP) is 2.58. The SMILES string of the molecule is CS(=O)(=O)c1cccc(OCCNc2ccccc2)c1. The van der Waals surface area contributed by atoms with E-state index >= 15 is 0 Å². The molecule has 106 valence electrons. The summed E-state index contributed by atoms with van der Waals surface area (Å²) in [5, 5.41) is 3.22. The second kappa shape index (κ2) is 6.43. The summed E-state index contributed by atoms with van der Waals surface area (Å²) in [6.07, 6.45) is 1.18. The first-order chi connectivity index (χ1) is 9.55. The Balaban J connectivity index is 1.86. The van der Waals surface area contributed by atoms with Crippen molar-refractivity contribution in [2.75, 3.05) is 24.7 Å². The van der Waals surface area contributed by atoms with Crippen LogP contribution < -0.4 is 10.1 Å². The predicted molar refractivity (Wildman–Crippen MR) is 80.0 cm³/mol. The standard InChI is InChI=1S/C15H17NO3S/c1-20(17,18)15-9-5-8-14(12-15)19-11-10-16-13-6-3-2-4-7-13/h2-9,12,16H,10-11H2,1H3. The van der Waals surface area contributed by atoms with E-state index in [-0.39, 0.29) is 4.90 Å². The average molecular weight is 291 g/mol. The van der Waals surface area contributed by atoms with Crippen LogP contribution in [0.15, 0.2) is 59.5 Å². The van der Waals surface area contributed by atoms with Gasteiger partial charge in [-0.05, 0) is 30.3 Å². The van der Waals surface area contributed by atoms with Crippen LogP contribution in [0.5, 0.6) is 5.75 Å². The third-order valence-electron chi connectivity index (χ3n) is 2.71. The molecule has 4 nitrogen and oxygen atoms in total. The Kier molecular flexibility index (Phi) is 4.63. The summed E-state index contributed by atoms with van der Waals surface area (Å²) >= 11 is 0. The van der Waals surface area contributed by atoms with Crippen LogP contribution in [-0.2, 0) is 9.84 Å². The minimum Gasteiger partial charge on any atom is -0.492 e. The number of hydrogen-bond acceptors (Lipinski definition) is 4. The fourth-order valence-corrected chi connectivity index (χ4v) is 2.37. The molecule has 2 aromatic rings. The van der Waals surface area contributed by atoms with Crippen molar-refractivity contribution < 1.29 is 13.2 Å². The number of nitrogens with one attached hydrogen (secondary N) is 1. The lowest BCUT2D eigenvalue weighted by Crippen LogP contribution is -2.11.